The Morgan fingerprint density at radius 1 is 1.15 bits per heavy atom. The van der Waals surface area contributed by atoms with Gasteiger partial charge in [-0.25, -0.2) is 9.97 Å². The van der Waals surface area contributed by atoms with Crippen LogP contribution in [0.3, 0.4) is 0 Å². The van der Waals surface area contributed by atoms with Crippen molar-refractivity contribution in [2.24, 2.45) is 0 Å². The van der Waals surface area contributed by atoms with E-state index in [1.165, 1.54) is 0 Å². The van der Waals surface area contributed by atoms with Crippen molar-refractivity contribution in [3.8, 4) is 0 Å². The summed E-state index contributed by atoms with van der Waals surface area (Å²) < 4.78 is 2.00. The van der Waals surface area contributed by atoms with E-state index in [-0.39, 0.29) is 0 Å². The van der Waals surface area contributed by atoms with Gasteiger partial charge in [-0.1, -0.05) is 18.2 Å². The molecule has 0 saturated carbocycles. The van der Waals surface area contributed by atoms with Crippen molar-refractivity contribution in [3.63, 3.8) is 0 Å². The van der Waals surface area contributed by atoms with Crippen LogP contribution in [0.15, 0.2) is 42.0 Å². The van der Waals surface area contributed by atoms with Crippen LogP contribution in [0.4, 0.5) is 5.95 Å². The van der Waals surface area contributed by atoms with Gasteiger partial charge in [-0.15, -0.1) is 11.3 Å². The van der Waals surface area contributed by atoms with Gasteiger partial charge in [-0.3, -0.25) is 4.98 Å². The fourth-order valence-electron chi connectivity index (χ4n) is 2.41. The number of benzene rings is 1. The summed E-state index contributed by atoms with van der Waals surface area (Å²) in [6, 6.07) is 8.02. The van der Waals surface area contributed by atoms with E-state index in [9.17, 15) is 0 Å². The van der Waals surface area contributed by atoms with Crippen molar-refractivity contribution in [2.75, 3.05) is 5.73 Å². The molecule has 1 aromatic carbocycles. The maximum Gasteiger partial charge on any atom is 0.201 e. The number of rotatable bonds is 2. The lowest BCUT2D eigenvalue weighted by molar-refractivity contribution is 0.832. The molecule has 6 heteroatoms. The standard InChI is InChI=1S/C14H11N5S/c15-14-18-11-7-17-10-4-2-1-3-9(10)13(11)19(14)8-12-16-5-6-20-12/h1-7H,8H2,(H2,15,18). The molecule has 5 nitrogen and oxygen atoms in total. The molecule has 0 aliphatic carbocycles. The van der Waals surface area contributed by atoms with Gasteiger partial charge in [-0.2, -0.15) is 0 Å². The van der Waals surface area contributed by atoms with Crippen molar-refractivity contribution in [1.29, 1.82) is 0 Å². The number of hydrogen-bond donors (Lipinski definition) is 1. The second-order valence-electron chi connectivity index (χ2n) is 4.49. The summed E-state index contributed by atoms with van der Waals surface area (Å²) >= 11 is 1.61. The number of para-hydroxylation sites is 1. The second kappa shape index (κ2) is 4.28. The van der Waals surface area contributed by atoms with Crippen LogP contribution in [0.5, 0.6) is 0 Å². The molecule has 98 valence electrons. The Kier molecular flexibility index (Phi) is 2.43. The highest BCUT2D eigenvalue weighted by molar-refractivity contribution is 7.09. The molecule has 0 fully saturated rings. The van der Waals surface area contributed by atoms with Gasteiger partial charge in [0.1, 0.15) is 10.5 Å². The Hall–Kier alpha value is -2.47. The molecule has 0 amide bonds. The number of imidazole rings is 1. The Balaban J connectivity index is 2.03. The zero-order valence-corrected chi connectivity index (χ0v) is 11.3. The van der Waals surface area contributed by atoms with E-state index in [0.29, 0.717) is 12.5 Å². The largest absolute Gasteiger partial charge is 0.369 e. The maximum atomic E-state index is 6.06. The molecule has 0 atom stereocenters. The monoisotopic (exact) mass is 281 g/mol. The number of thiazole rings is 1. The number of nitrogen functional groups attached to an aromatic ring is 1. The van der Waals surface area contributed by atoms with E-state index in [0.717, 1.165) is 26.9 Å². The van der Waals surface area contributed by atoms with E-state index in [1.807, 2.05) is 34.2 Å². The van der Waals surface area contributed by atoms with Gasteiger partial charge >= 0.3 is 0 Å². The van der Waals surface area contributed by atoms with Crippen LogP contribution in [0, 0.1) is 0 Å². The average Bonchev–Trinajstić information content (AvgIpc) is 3.08. The molecule has 0 unspecified atom stereocenters. The second-order valence-corrected chi connectivity index (χ2v) is 5.47. The molecule has 0 aliphatic heterocycles. The Bertz CT molecular complexity index is 895. The minimum absolute atomic E-state index is 0.494. The van der Waals surface area contributed by atoms with Gasteiger partial charge in [0.15, 0.2) is 0 Å². The molecule has 0 aliphatic rings. The molecule has 2 N–H and O–H groups in total. The predicted molar refractivity (Wildman–Crippen MR) is 80.7 cm³/mol. The molecule has 0 saturated heterocycles. The fraction of sp³-hybridized carbons (Fsp3) is 0.0714. The summed E-state index contributed by atoms with van der Waals surface area (Å²) in [4.78, 5) is 13.1. The zero-order valence-electron chi connectivity index (χ0n) is 10.5. The molecule has 3 heterocycles. The summed E-state index contributed by atoms with van der Waals surface area (Å²) in [7, 11) is 0. The molecular formula is C14H11N5S. The first-order chi connectivity index (χ1) is 9.83. The lowest BCUT2D eigenvalue weighted by atomic mass is 10.2. The van der Waals surface area contributed by atoms with Crippen LogP contribution in [0.2, 0.25) is 0 Å². The fourth-order valence-corrected chi connectivity index (χ4v) is 3.01. The molecule has 4 aromatic rings. The third-order valence-electron chi connectivity index (χ3n) is 3.29. The molecule has 3 aromatic heterocycles. The number of fused-ring (bicyclic) bond motifs is 3. The van der Waals surface area contributed by atoms with Crippen LogP contribution in [0.1, 0.15) is 5.01 Å². The van der Waals surface area contributed by atoms with Crippen LogP contribution in [0.25, 0.3) is 21.9 Å². The third kappa shape index (κ3) is 1.65. The molecule has 4 rings (SSSR count). The van der Waals surface area contributed by atoms with Gasteiger partial charge in [0, 0.05) is 17.0 Å². The number of nitrogens with two attached hydrogens (primary N) is 1. The topological polar surface area (TPSA) is 69.6 Å². The Morgan fingerprint density at radius 2 is 2.05 bits per heavy atom. The quantitative estimate of drug-likeness (QED) is 0.613. The number of anilines is 1. The minimum Gasteiger partial charge on any atom is -0.369 e. The average molecular weight is 281 g/mol. The summed E-state index contributed by atoms with van der Waals surface area (Å²) in [6.07, 6.45) is 3.57. The lowest BCUT2D eigenvalue weighted by Crippen LogP contribution is -2.04. The van der Waals surface area contributed by atoms with Gasteiger partial charge < -0.3 is 10.3 Å². The first-order valence-corrected chi connectivity index (χ1v) is 7.09. The first kappa shape index (κ1) is 11.4. The van der Waals surface area contributed by atoms with Crippen molar-refractivity contribution in [2.45, 2.75) is 6.54 Å². The van der Waals surface area contributed by atoms with E-state index in [4.69, 9.17) is 5.73 Å². The summed E-state index contributed by atoms with van der Waals surface area (Å²) in [6.45, 7) is 0.633. The number of aromatic nitrogens is 4. The van der Waals surface area contributed by atoms with E-state index >= 15 is 0 Å². The van der Waals surface area contributed by atoms with Gasteiger partial charge in [-0.05, 0) is 6.07 Å². The molecule has 0 radical (unpaired) electrons. The van der Waals surface area contributed by atoms with Crippen molar-refractivity contribution >= 4 is 39.2 Å². The van der Waals surface area contributed by atoms with Gasteiger partial charge in [0.2, 0.25) is 5.95 Å². The van der Waals surface area contributed by atoms with Crippen molar-refractivity contribution in [3.05, 3.63) is 47.0 Å². The highest BCUT2D eigenvalue weighted by Gasteiger charge is 2.13. The molecule has 0 bridgehead atoms. The highest BCUT2D eigenvalue weighted by Crippen LogP contribution is 2.26. The molecule has 0 spiro atoms. The van der Waals surface area contributed by atoms with E-state index < -0.39 is 0 Å². The van der Waals surface area contributed by atoms with Crippen molar-refractivity contribution in [1.82, 2.24) is 19.5 Å². The van der Waals surface area contributed by atoms with Gasteiger partial charge in [0.25, 0.3) is 0 Å². The molecule has 20 heavy (non-hydrogen) atoms. The van der Waals surface area contributed by atoms with Crippen LogP contribution < -0.4 is 5.73 Å². The number of hydrogen-bond acceptors (Lipinski definition) is 5. The summed E-state index contributed by atoms with van der Waals surface area (Å²) in [5.41, 5.74) is 8.84. The number of pyridine rings is 1. The predicted octanol–water partition coefficient (Wildman–Crippen LogP) is 2.67. The number of nitrogens with zero attached hydrogens (tertiary/aromatic N) is 4. The van der Waals surface area contributed by atoms with Gasteiger partial charge in [0.05, 0.1) is 23.8 Å². The van der Waals surface area contributed by atoms with Crippen LogP contribution >= 0.6 is 11.3 Å². The zero-order chi connectivity index (χ0) is 13.5. The normalized spacial score (nSPS) is 11.4. The third-order valence-corrected chi connectivity index (χ3v) is 4.05. The smallest absolute Gasteiger partial charge is 0.201 e. The first-order valence-electron chi connectivity index (χ1n) is 6.21. The van der Waals surface area contributed by atoms with Crippen LogP contribution in [-0.2, 0) is 6.54 Å². The van der Waals surface area contributed by atoms with E-state index in [1.54, 1.807) is 23.7 Å². The Morgan fingerprint density at radius 3 is 2.90 bits per heavy atom. The van der Waals surface area contributed by atoms with Crippen LogP contribution in [-0.4, -0.2) is 19.5 Å². The summed E-state index contributed by atoms with van der Waals surface area (Å²) in [5, 5.41) is 4.03. The highest BCUT2D eigenvalue weighted by atomic mass is 32.1. The Labute approximate surface area is 118 Å². The minimum atomic E-state index is 0.494. The van der Waals surface area contributed by atoms with Crippen molar-refractivity contribution < 1.29 is 0 Å². The maximum absolute atomic E-state index is 6.06. The van der Waals surface area contributed by atoms with E-state index in [2.05, 4.69) is 15.0 Å². The summed E-state index contributed by atoms with van der Waals surface area (Å²) in [5.74, 6) is 0.494. The molecular weight excluding hydrogens is 270 g/mol. The SMILES string of the molecule is Nc1nc2cnc3ccccc3c2n1Cc1nccs1. The lowest BCUT2D eigenvalue weighted by Gasteiger charge is -2.06.